The molecule has 0 radical (unpaired) electrons. The summed E-state index contributed by atoms with van der Waals surface area (Å²) in [6.07, 6.45) is 1.98. The van der Waals surface area contributed by atoms with Gasteiger partial charge in [-0.05, 0) is 49.9 Å². The van der Waals surface area contributed by atoms with Gasteiger partial charge in [0.25, 0.3) is 0 Å². The molecule has 1 aliphatic rings. The number of amidine groups is 1. The third-order valence-corrected chi connectivity index (χ3v) is 4.25. The number of hydrogen-bond acceptors (Lipinski definition) is 4. The zero-order chi connectivity index (χ0) is 17.6. The molecule has 5 nitrogen and oxygen atoms in total. The molecule has 0 saturated heterocycles. The van der Waals surface area contributed by atoms with E-state index in [2.05, 4.69) is 16.6 Å². The molecule has 0 atom stereocenters. The highest BCUT2D eigenvalue weighted by Crippen LogP contribution is 2.27. The highest BCUT2D eigenvalue weighted by atomic mass is 16.5. The van der Waals surface area contributed by atoms with Crippen molar-refractivity contribution in [3.63, 3.8) is 0 Å². The second kappa shape index (κ2) is 7.83. The molecule has 130 valence electrons. The van der Waals surface area contributed by atoms with Crippen molar-refractivity contribution in [1.29, 1.82) is 0 Å². The summed E-state index contributed by atoms with van der Waals surface area (Å²) in [6.45, 7) is 4.86. The fourth-order valence-corrected chi connectivity index (χ4v) is 2.98. The third kappa shape index (κ3) is 3.82. The largest absolute Gasteiger partial charge is 0.460 e. The molecule has 2 aromatic carbocycles. The van der Waals surface area contributed by atoms with Crippen LogP contribution in [0.25, 0.3) is 0 Å². The fourth-order valence-electron chi connectivity index (χ4n) is 2.98. The fraction of sp³-hybridized carbons (Fsp3) is 0.300. The Morgan fingerprint density at radius 1 is 1.20 bits per heavy atom. The lowest BCUT2D eigenvalue weighted by atomic mass is 10.0. The minimum absolute atomic E-state index is 0.289. The summed E-state index contributed by atoms with van der Waals surface area (Å²) in [5, 5.41) is 4.41. The topological polar surface area (TPSA) is 53.9 Å². The number of nitrogens with one attached hydrogen (secondary N) is 1. The number of hydrazone groups is 1. The van der Waals surface area contributed by atoms with Gasteiger partial charge in [-0.15, -0.1) is 5.10 Å². The van der Waals surface area contributed by atoms with Crippen LogP contribution in [0.2, 0.25) is 0 Å². The molecule has 0 unspecified atom stereocenters. The highest BCUT2D eigenvalue weighted by Gasteiger charge is 2.26. The minimum atomic E-state index is -0.416. The molecule has 1 heterocycles. The second-order valence-electron chi connectivity index (χ2n) is 5.97. The molecule has 1 aliphatic heterocycles. The molecular weight excluding hydrogens is 314 g/mol. The van der Waals surface area contributed by atoms with E-state index in [1.165, 1.54) is 5.56 Å². The predicted octanol–water partition coefficient (Wildman–Crippen LogP) is 3.74. The van der Waals surface area contributed by atoms with Crippen molar-refractivity contribution in [3.8, 4) is 0 Å². The highest BCUT2D eigenvalue weighted by molar-refractivity contribution is 6.41. The lowest BCUT2D eigenvalue weighted by Crippen LogP contribution is -2.41. The Kier molecular flexibility index (Phi) is 5.33. The van der Waals surface area contributed by atoms with E-state index in [0.29, 0.717) is 6.61 Å². The molecule has 25 heavy (non-hydrogen) atoms. The normalized spacial score (nSPS) is 14.0. The first-order chi connectivity index (χ1) is 12.2. The first-order valence-corrected chi connectivity index (χ1v) is 8.62. The average Bonchev–Trinajstić information content (AvgIpc) is 2.64. The first kappa shape index (κ1) is 17.0. The lowest BCUT2D eigenvalue weighted by Gasteiger charge is -2.30. The monoisotopic (exact) mass is 337 g/mol. The zero-order valence-electron chi connectivity index (χ0n) is 14.7. The zero-order valence-corrected chi connectivity index (χ0v) is 14.7. The number of benzene rings is 2. The van der Waals surface area contributed by atoms with Crippen molar-refractivity contribution in [2.24, 2.45) is 5.10 Å². The number of esters is 1. The summed E-state index contributed by atoms with van der Waals surface area (Å²) in [5.74, 6) is -0.127. The Hall–Kier alpha value is -2.82. The number of anilines is 2. The van der Waals surface area contributed by atoms with Gasteiger partial charge >= 0.3 is 5.97 Å². The number of carbonyl (C=O) groups excluding carboxylic acids is 1. The van der Waals surface area contributed by atoms with Crippen LogP contribution < -0.4 is 10.3 Å². The molecule has 0 bridgehead atoms. The van der Waals surface area contributed by atoms with Crippen molar-refractivity contribution in [1.82, 2.24) is 0 Å². The quantitative estimate of drug-likeness (QED) is 0.401. The molecule has 0 fully saturated rings. The maximum Gasteiger partial charge on any atom is 0.376 e. The molecule has 0 spiro atoms. The minimum Gasteiger partial charge on any atom is -0.460 e. The van der Waals surface area contributed by atoms with Crippen LogP contribution in [0.1, 0.15) is 24.5 Å². The summed E-state index contributed by atoms with van der Waals surface area (Å²) in [5.41, 5.74) is 7.20. The van der Waals surface area contributed by atoms with Crippen LogP contribution in [-0.2, 0) is 16.0 Å². The van der Waals surface area contributed by atoms with E-state index in [0.717, 1.165) is 36.3 Å². The van der Waals surface area contributed by atoms with E-state index in [1.54, 1.807) is 6.92 Å². The number of carbonyl (C=O) groups is 1. The molecule has 5 heteroatoms. The van der Waals surface area contributed by atoms with Gasteiger partial charge in [0.05, 0.1) is 12.3 Å². The van der Waals surface area contributed by atoms with Gasteiger partial charge in [-0.2, -0.15) is 0 Å². The van der Waals surface area contributed by atoms with Gasteiger partial charge < -0.3 is 9.64 Å². The summed E-state index contributed by atoms with van der Waals surface area (Å²) in [7, 11) is 0. The smallest absolute Gasteiger partial charge is 0.376 e. The number of aryl methyl sites for hydroxylation is 2. The van der Waals surface area contributed by atoms with Crippen LogP contribution in [0, 0.1) is 6.92 Å². The Labute approximate surface area is 148 Å². The van der Waals surface area contributed by atoms with Gasteiger partial charge in [-0.1, -0.05) is 36.4 Å². The summed E-state index contributed by atoms with van der Waals surface area (Å²) < 4.78 is 5.24. The number of rotatable bonds is 3. The molecule has 0 aromatic heterocycles. The van der Waals surface area contributed by atoms with Crippen molar-refractivity contribution in [2.75, 3.05) is 23.5 Å². The van der Waals surface area contributed by atoms with Gasteiger partial charge in [-0.25, -0.2) is 4.79 Å². The molecule has 0 saturated carbocycles. The maximum atomic E-state index is 12.5. The van der Waals surface area contributed by atoms with Crippen molar-refractivity contribution < 1.29 is 9.53 Å². The Morgan fingerprint density at radius 3 is 2.76 bits per heavy atom. The predicted molar refractivity (Wildman–Crippen MR) is 101 cm³/mol. The molecular formula is C20H23N3O2. The number of ether oxygens (including phenoxy) is 1. The van der Waals surface area contributed by atoms with Crippen LogP contribution >= 0.6 is 0 Å². The van der Waals surface area contributed by atoms with Gasteiger partial charge in [0.2, 0.25) is 5.84 Å². The van der Waals surface area contributed by atoms with Crippen molar-refractivity contribution in [3.05, 3.63) is 59.7 Å². The summed E-state index contributed by atoms with van der Waals surface area (Å²) in [4.78, 5) is 14.5. The van der Waals surface area contributed by atoms with Crippen LogP contribution in [0.15, 0.2) is 53.6 Å². The molecule has 2 aromatic rings. The summed E-state index contributed by atoms with van der Waals surface area (Å²) in [6, 6.07) is 16.0. The molecule has 3 rings (SSSR count). The van der Waals surface area contributed by atoms with Crippen LogP contribution in [0.5, 0.6) is 0 Å². The SMILES string of the molecule is CCOC(=O)/C(=N\Nc1ccccc1C)N1CCCc2ccccc21. The van der Waals surface area contributed by atoms with E-state index >= 15 is 0 Å². The standard InChI is InChI=1S/C20H23N3O2/c1-3-25-20(24)19(22-21-17-12-6-4-9-15(17)2)23-14-8-11-16-10-5-7-13-18(16)23/h4-7,9-10,12-13,21H,3,8,11,14H2,1-2H3/b22-19+. The van der Waals surface area contributed by atoms with Crippen molar-refractivity contribution >= 4 is 23.2 Å². The Bertz CT molecular complexity index is 786. The molecule has 0 amide bonds. The van der Waals surface area contributed by atoms with E-state index in [9.17, 15) is 4.79 Å². The first-order valence-electron chi connectivity index (χ1n) is 8.62. The number of hydrogen-bond donors (Lipinski definition) is 1. The number of fused-ring (bicyclic) bond motifs is 1. The van der Waals surface area contributed by atoms with E-state index in [4.69, 9.17) is 4.74 Å². The van der Waals surface area contributed by atoms with Gasteiger partial charge in [0, 0.05) is 12.2 Å². The van der Waals surface area contributed by atoms with Gasteiger partial charge in [-0.3, -0.25) is 5.43 Å². The molecule has 1 N–H and O–H groups in total. The van der Waals surface area contributed by atoms with Crippen LogP contribution in [0.3, 0.4) is 0 Å². The third-order valence-electron chi connectivity index (χ3n) is 4.25. The summed E-state index contributed by atoms with van der Waals surface area (Å²) >= 11 is 0. The van der Waals surface area contributed by atoms with E-state index < -0.39 is 5.97 Å². The Balaban J connectivity index is 1.94. The number of nitrogens with zero attached hydrogens (tertiary/aromatic N) is 2. The van der Waals surface area contributed by atoms with Crippen molar-refractivity contribution in [2.45, 2.75) is 26.7 Å². The second-order valence-corrected chi connectivity index (χ2v) is 5.97. The lowest BCUT2D eigenvalue weighted by molar-refractivity contribution is -0.135. The van der Waals surface area contributed by atoms with Gasteiger partial charge in [0.1, 0.15) is 0 Å². The number of para-hydroxylation sites is 2. The Morgan fingerprint density at radius 2 is 1.96 bits per heavy atom. The maximum absolute atomic E-state index is 12.5. The average molecular weight is 337 g/mol. The van der Waals surface area contributed by atoms with Crippen LogP contribution in [0.4, 0.5) is 11.4 Å². The van der Waals surface area contributed by atoms with Crippen LogP contribution in [-0.4, -0.2) is 25.0 Å². The van der Waals surface area contributed by atoms with E-state index in [1.807, 2.05) is 54.3 Å². The molecule has 0 aliphatic carbocycles. The van der Waals surface area contributed by atoms with Gasteiger partial charge in [0.15, 0.2) is 0 Å². The van der Waals surface area contributed by atoms with E-state index in [-0.39, 0.29) is 5.84 Å².